The van der Waals surface area contributed by atoms with Crippen molar-refractivity contribution in [2.24, 2.45) is 14.1 Å². The van der Waals surface area contributed by atoms with Crippen molar-refractivity contribution in [3.8, 4) is 5.75 Å². The van der Waals surface area contributed by atoms with Crippen molar-refractivity contribution in [3.63, 3.8) is 0 Å². The molecule has 0 aliphatic heterocycles. The average Bonchev–Trinajstić information content (AvgIpc) is 2.79. The number of hydrogen-bond donors (Lipinski definition) is 3. The Kier molecular flexibility index (Phi) is 5.89. The molecular formula is C18H22ClN3O3. The highest BCUT2D eigenvalue weighted by Crippen LogP contribution is 2.18. The Morgan fingerprint density at radius 1 is 1.08 bits per heavy atom. The van der Waals surface area contributed by atoms with Crippen molar-refractivity contribution in [2.75, 3.05) is 6.54 Å². The fraction of sp³-hybridized carbons (Fsp3) is 0.278. The lowest BCUT2D eigenvalue weighted by atomic mass is 10.1. The fourth-order valence-electron chi connectivity index (χ4n) is 2.87. The molecule has 1 heterocycles. The molecule has 3 N–H and O–H groups in total. The summed E-state index contributed by atoms with van der Waals surface area (Å²) >= 11 is 0. The number of aryl methyl sites for hydroxylation is 2. The van der Waals surface area contributed by atoms with E-state index in [-0.39, 0.29) is 23.8 Å². The smallest absolute Gasteiger partial charge is 0.328 e. The first kappa shape index (κ1) is 19.1. The third-order valence-corrected chi connectivity index (χ3v) is 4.26. The lowest BCUT2D eigenvalue weighted by Crippen LogP contribution is -2.21. The monoisotopic (exact) mass is 363 g/mol. The standard InChI is InChI=1S/C18H21N3O3.ClH/c1-20-15-7-6-12(8-16(15)21(2)18(20)24)10-19-11-17(23)13-4-3-5-14(22)9-13;/h3-9,17,19,22-23H,10-11H2,1-2H3;1H. The lowest BCUT2D eigenvalue weighted by Gasteiger charge is -2.12. The van der Waals surface area contributed by atoms with Crippen LogP contribution >= 0.6 is 12.4 Å². The van der Waals surface area contributed by atoms with Gasteiger partial charge in [-0.1, -0.05) is 18.2 Å². The summed E-state index contributed by atoms with van der Waals surface area (Å²) in [7, 11) is 3.52. The molecule has 3 rings (SSSR count). The molecule has 1 unspecified atom stereocenters. The van der Waals surface area contributed by atoms with E-state index in [1.54, 1.807) is 47.5 Å². The summed E-state index contributed by atoms with van der Waals surface area (Å²) in [5, 5.41) is 22.8. The van der Waals surface area contributed by atoms with Crippen LogP contribution < -0.4 is 11.0 Å². The first-order chi connectivity index (χ1) is 11.5. The molecule has 0 bridgehead atoms. The number of nitrogens with one attached hydrogen (secondary N) is 1. The molecule has 1 atom stereocenters. The first-order valence-electron chi connectivity index (χ1n) is 7.79. The molecule has 134 valence electrons. The second kappa shape index (κ2) is 7.74. The van der Waals surface area contributed by atoms with Crippen molar-refractivity contribution in [1.82, 2.24) is 14.5 Å². The number of rotatable bonds is 5. The van der Waals surface area contributed by atoms with Crippen LogP contribution in [0.5, 0.6) is 5.75 Å². The van der Waals surface area contributed by atoms with Gasteiger partial charge in [0.05, 0.1) is 17.1 Å². The molecule has 0 aliphatic rings. The van der Waals surface area contributed by atoms with Gasteiger partial charge in [0.15, 0.2) is 0 Å². The molecule has 0 radical (unpaired) electrons. The van der Waals surface area contributed by atoms with Crippen LogP contribution in [0.3, 0.4) is 0 Å². The van der Waals surface area contributed by atoms with Gasteiger partial charge in [0, 0.05) is 27.2 Å². The van der Waals surface area contributed by atoms with Crippen LogP contribution in [0.15, 0.2) is 47.3 Å². The minimum atomic E-state index is -0.693. The van der Waals surface area contributed by atoms with E-state index >= 15 is 0 Å². The average molecular weight is 364 g/mol. The molecule has 0 aliphatic carbocycles. The number of halogens is 1. The largest absolute Gasteiger partial charge is 0.508 e. The van der Waals surface area contributed by atoms with E-state index < -0.39 is 6.10 Å². The molecule has 0 fully saturated rings. The van der Waals surface area contributed by atoms with E-state index in [0.29, 0.717) is 18.7 Å². The Labute approximate surface area is 151 Å². The second-order valence-corrected chi connectivity index (χ2v) is 5.97. The zero-order valence-corrected chi connectivity index (χ0v) is 15.0. The zero-order chi connectivity index (χ0) is 17.3. The van der Waals surface area contributed by atoms with Crippen LogP contribution in [0.1, 0.15) is 17.2 Å². The third-order valence-electron chi connectivity index (χ3n) is 4.26. The van der Waals surface area contributed by atoms with E-state index in [1.807, 2.05) is 18.2 Å². The quantitative estimate of drug-likeness (QED) is 0.646. The van der Waals surface area contributed by atoms with Crippen molar-refractivity contribution in [2.45, 2.75) is 12.6 Å². The Hall–Kier alpha value is -2.28. The first-order valence-corrected chi connectivity index (χ1v) is 7.79. The molecule has 6 nitrogen and oxygen atoms in total. The molecule has 3 aromatic rings. The van der Waals surface area contributed by atoms with Crippen LogP contribution in [-0.4, -0.2) is 25.9 Å². The predicted octanol–water partition coefficient (Wildman–Crippen LogP) is 1.83. The number of aliphatic hydroxyl groups is 1. The van der Waals surface area contributed by atoms with Crippen LogP contribution in [0, 0.1) is 0 Å². The maximum Gasteiger partial charge on any atom is 0.328 e. The number of hydrogen-bond acceptors (Lipinski definition) is 4. The third kappa shape index (κ3) is 3.87. The van der Waals surface area contributed by atoms with Crippen molar-refractivity contribution >= 4 is 23.4 Å². The molecule has 0 spiro atoms. The van der Waals surface area contributed by atoms with Crippen LogP contribution in [-0.2, 0) is 20.6 Å². The Balaban J connectivity index is 0.00000225. The number of phenolic OH excluding ortho intramolecular Hbond substituents is 1. The number of nitrogens with zero attached hydrogens (tertiary/aromatic N) is 2. The molecule has 0 saturated carbocycles. The highest BCUT2D eigenvalue weighted by Gasteiger charge is 2.10. The molecular weight excluding hydrogens is 342 g/mol. The van der Waals surface area contributed by atoms with Gasteiger partial charge in [0.1, 0.15) is 5.75 Å². The number of imidazole rings is 1. The summed E-state index contributed by atoms with van der Waals surface area (Å²) in [4.78, 5) is 11.9. The molecule has 2 aromatic carbocycles. The summed E-state index contributed by atoms with van der Waals surface area (Å²) in [5.41, 5.74) is 3.44. The van der Waals surface area contributed by atoms with Crippen molar-refractivity contribution in [3.05, 3.63) is 64.1 Å². The lowest BCUT2D eigenvalue weighted by molar-refractivity contribution is 0.174. The highest BCUT2D eigenvalue weighted by molar-refractivity contribution is 5.85. The number of benzene rings is 2. The minimum Gasteiger partial charge on any atom is -0.508 e. The number of fused-ring (bicyclic) bond motifs is 1. The Bertz CT molecular complexity index is 933. The molecule has 25 heavy (non-hydrogen) atoms. The number of aliphatic hydroxyl groups excluding tert-OH is 1. The van der Waals surface area contributed by atoms with Crippen molar-refractivity contribution in [1.29, 1.82) is 0 Å². The summed E-state index contributed by atoms with van der Waals surface area (Å²) in [5.74, 6) is 0.141. The van der Waals surface area contributed by atoms with Gasteiger partial charge in [0.2, 0.25) is 0 Å². The normalized spacial score (nSPS) is 12.1. The van der Waals surface area contributed by atoms with Gasteiger partial charge < -0.3 is 15.5 Å². The Morgan fingerprint density at radius 3 is 2.52 bits per heavy atom. The van der Waals surface area contributed by atoms with Gasteiger partial charge in [-0.05, 0) is 35.4 Å². The van der Waals surface area contributed by atoms with E-state index in [4.69, 9.17) is 0 Å². The SMILES string of the molecule is Cl.Cn1c(=O)n(C)c2cc(CNCC(O)c3cccc(O)c3)ccc21. The summed E-state index contributed by atoms with van der Waals surface area (Å²) < 4.78 is 3.25. The predicted molar refractivity (Wildman–Crippen MR) is 100 cm³/mol. The van der Waals surface area contributed by atoms with Gasteiger partial charge >= 0.3 is 5.69 Å². The van der Waals surface area contributed by atoms with Crippen molar-refractivity contribution < 1.29 is 10.2 Å². The maximum absolute atomic E-state index is 11.9. The van der Waals surface area contributed by atoms with E-state index in [0.717, 1.165) is 16.6 Å². The highest BCUT2D eigenvalue weighted by atomic mass is 35.5. The molecule has 7 heteroatoms. The van der Waals surface area contributed by atoms with Gasteiger partial charge in [-0.25, -0.2) is 4.79 Å². The topological polar surface area (TPSA) is 79.4 Å². The van der Waals surface area contributed by atoms with Gasteiger partial charge in [-0.2, -0.15) is 0 Å². The van der Waals surface area contributed by atoms with Gasteiger partial charge in [-0.15, -0.1) is 12.4 Å². The summed E-state index contributed by atoms with van der Waals surface area (Å²) in [6.45, 7) is 0.949. The van der Waals surface area contributed by atoms with Gasteiger partial charge in [0.25, 0.3) is 0 Å². The Morgan fingerprint density at radius 2 is 1.80 bits per heavy atom. The molecule has 1 aromatic heterocycles. The zero-order valence-electron chi connectivity index (χ0n) is 14.1. The fourth-order valence-corrected chi connectivity index (χ4v) is 2.87. The summed E-state index contributed by atoms with van der Waals surface area (Å²) in [6, 6.07) is 12.5. The minimum absolute atomic E-state index is 0. The number of aromatic nitrogens is 2. The number of aromatic hydroxyl groups is 1. The van der Waals surface area contributed by atoms with Gasteiger partial charge in [-0.3, -0.25) is 9.13 Å². The van der Waals surface area contributed by atoms with Crippen LogP contribution in [0.4, 0.5) is 0 Å². The summed E-state index contributed by atoms with van der Waals surface area (Å²) in [6.07, 6.45) is -0.693. The number of phenols is 1. The van der Waals surface area contributed by atoms with E-state index in [2.05, 4.69) is 5.32 Å². The molecule has 0 amide bonds. The van der Waals surface area contributed by atoms with E-state index in [1.165, 1.54) is 0 Å². The van der Waals surface area contributed by atoms with E-state index in [9.17, 15) is 15.0 Å². The maximum atomic E-state index is 11.9. The van der Waals surface area contributed by atoms with Crippen LogP contribution in [0.25, 0.3) is 11.0 Å². The van der Waals surface area contributed by atoms with Crippen LogP contribution in [0.2, 0.25) is 0 Å². The second-order valence-electron chi connectivity index (χ2n) is 5.97. The molecule has 0 saturated heterocycles.